The second-order valence-corrected chi connectivity index (χ2v) is 5.07. The molecular formula is C15H26N2O2. The van der Waals surface area contributed by atoms with E-state index in [1.807, 2.05) is 24.3 Å². The molecule has 1 rings (SSSR count). The fourth-order valence-corrected chi connectivity index (χ4v) is 1.72. The Morgan fingerprint density at radius 3 is 2.74 bits per heavy atom. The number of likely N-dealkylation sites (N-methyl/N-ethyl adjacent to an activating group) is 1. The predicted octanol–water partition coefficient (Wildman–Crippen LogP) is 1.66. The molecule has 1 unspecified atom stereocenters. The maximum absolute atomic E-state index is 10.1. The third-order valence-electron chi connectivity index (χ3n) is 3.34. The van der Waals surface area contributed by atoms with Crippen LogP contribution in [0.4, 0.5) is 0 Å². The van der Waals surface area contributed by atoms with Crippen LogP contribution in [0.2, 0.25) is 0 Å². The molecule has 0 saturated heterocycles. The van der Waals surface area contributed by atoms with E-state index in [2.05, 4.69) is 31.1 Å². The van der Waals surface area contributed by atoms with Crippen molar-refractivity contribution in [1.29, 1.82) is 0 Å². The van der Waals surface area contributed by atoms with Gasteiger partial charge in [0.25, 0.3) is 0 Å². The molecule has 1 atom stereocenters. The van der Waals surface area contributed by atoms with Crippen LogP contribution in [0.15, 0.2) is 24.3 Å². The SMILES string of the molecule is COc1cccc(C(O)CNCCN(C)C(C)C)c1. The summed E-state index contributed by atoms with van der Waals surface area (Å²) in [5, 5.41) is 13.4. The van der Waals surface area contributed by atoms with Crippen LogP contribution >= 0.6 is 0 Å². The third kappa shape index (κ3) is 5.59. The first-order valence-electron chi connectivity index (χ1n) is 6.77. The number of aliphatic hydroxyl groups is 1. The Morgan fingerprint density at radius 1 is 1.37 bits per heavy atom. The highest BCUT2D eigenvalue weighted by Gasteiger charge is 2.08. The number of methoxy groups -OCH3 is 1. The molecule has 2 N–H and O–H groups in total. The Balaban J connectivity index is 2.32. The maximum atomic E-state index is 10.1. The second kappa shape index (κ2) is 8.15. The lowest BCUT2D eigenvalue weighted by atomic mass is 10.1. The molecule has 0 bridgehead atoms. The number of ether oxygens (including phenoxy) is 1. The van der Waals surface area contributed by atoms with Crippen LogP contribution in [0.3, 0.4) is 0 Å². The van der Waals surface area contributed by atoms with Gasteiger partial charge in [0.15, 0.2) is 0 Å². The van der Waals surface area contributed by atoms with E-state index in [1.54, 1.807) is 7.11 Å². The van der Waals surface area contributed by atoms with E-state index in [1.165, 1.54) is 0 Å². The predicted molar refractivity (Wildman–Crippen MR) is 78.6 cm³/mol. The highest BCUT2D eigenvalue weighted by Crippen LogP contribution is 2.18. The molecule has 4 heteroatoms. The minimum Gasteiger partial charge on any atom is -0.497 e. The van der Waals surface area contributed by atoms with Crippen LogP contribution in [-0.4, -0.2) is 49.8 Å². The van der Waals surface area contributed by atoms with Crippen molar-refractivity contribution in [2.24, 2.45) is 0 Å². The normalized spacial score (nSPS) is 13.0. The number of aliphatic hydroxyl groups excluding tert-OH is 1. The van der Waals surface area contributed by atoms with Crippen LogP contribution in [-0.2, 0) is 0 Å². The first-order chi connectivity index (χ1) is 9.04. The highest BCUT2D eigenvalue weighted by atomic mass is 16.5. The Labute approximate surface area is 116 Å². The van der Waals surface area contributed by atoms with E-state index >= 15 is 0 Å². The zero-order valence-corrected chi connectivity index (χ0v) is 12.4. The Bertz CT molecular complexity index is 369. The molecule has 0 amide bonds. The van der Waals surface area contributed by atoms with Gasteiger partial charge in [0.2, 0.25) is 0 Å². The molecule has 1 aromatic rings. The number of nitrogens with one attached hydrogen (secondary N) is 1. The largest absolute Gasteiger partial charge is 0.497 e. The molecule has 19 heavy (non-hydrogen) atoms. The van der Waals surface area contributed by atoms with Gasteiger partial charge in [-0.15, -0.1) is 0 Å². The number of nitrogens with zero attached hydrogens (tertiary/aromatic N) is 1. The van der Waals surface area contributed by atoms with Crippen LogP contribution in [0.1, 0.15) is 25.5 Å². The monoisotopic (exact) mass is 266 g/mol. The molecule has 0 heterocycles. The van der Waals surface area contributed by atoms with E-state index in [0.29, 0.717) is 12.6 Å². The van der Waals surface area contributed by atoms with E-state index < -0.39 is 6.10 Å². The van der Waals surface area contributed by atoms with Gasteiger partial charge in [-0.1, -0.05) is 12.1 Å². The smallest absolute Gasteiger partial charge is 0.119 e. The van der Waals surface area contributed by atoms with Gasteiger partial charge in [-0.2, -0.15) is 0 Å². The van der Waals surface area contributed by atoms with Gasteiger partial charge in [0.1, 0.15) is 5.75 Å². The van der Waals surface area contributed by atoms with Crippen LogP contribution < -0.4 is 10.1 Å². The topological polar surface area (TPSA) is 44.7 Å². The lowest BCUT2D eigenvalue weighted by molar-refractivity contribution is 0.171. The summed E-state index contributed by atoms with van der Waals surface area (Å²) in [6.45, 7) is 6.74. The van der Waals surface area contributed by atoms with Gasteiger partial charge in [-0.05, 0) is 38.6 Å². The molecular weight excluding hydrogens is 240 g/mol. The van der Waals surface area contributed by atoms with Crippen LogP contribution in [0.5, 0.6) is 5.75 Å². The number of hydrogen-bond donors (Lipinski definition) is 2. The molecule has 0 fully saturated rings. The van der Waals surface area contributed by atoms with Crippen molar-refractivity contribution in [3.8, 4) is 5.75 Å². The molecule has 0 aromatic heterocycles. The van der Waals surface area contributed by atoms with Crippen molar-refractivity contribution in [3.05, 3.63) is 29.8 Å². The Hall–Kier alpha value is -1.10. The van der Waals surface area contributed by atoms with Gasteiger partial charge >= 0.3 is 0 Å². The Kier molecular flexibility index (Phi) is 6.84. The van der Waals surface area contributed by atoms with Gasteiger partial charge < -0.3 is 20.1 Å². The van der Waals surface area contributed by atoms with Crippen molar-refractivity contribution < 1.29 is 9.84 Å². The summed E-state index contributed by atoms with van der Waals surface area (Å²) in [6.07, 6.45) is -0.501. The molecule has 1 aromatic carbocycles. The molecule has 0 aliphatic carbocycles. The fourth-order valence-electron chi connectivity index (χ4n) is 1.72. The maximum Gasteiger partial charge on any atom is 0.119 e. The molecule has 0 aliphatic heterocycles. The summed E-state index contributed by atoms with van der Waals surface area (Å²) in [5.41, 5.74) is 0.879. The Morgan fingerprint density at radius 2 is 2.11 bits per heavy atom. The van der Waals surface area contributed by atoms with E-state index in [9.17, 15) is 5.11 Å². The summed E-state index contributed by atoms with van der Waals surface area (Å²) in [7, 11) is 3.73. The summed E-state index contributed by atoms with van der Waals surface area (Å²) in [4.78, 5) is 2.27. The van der Waals surface area contributed by atoms with Crippen molar-refractivity contribution in [3.63, 3.8) is 0 Å². The van der Waals surface area contributed by atoms with E-state index in [4.69, 9.17) is 4.74 Å². The van der Waals surface area contributed by atoms with Gasteiger partial charge in [0, 0.05) is 25.7 Å². The molecule has 0 saturated carbocycles. The first kappa shape index (κ1) is 16.0. The molecule has 108 valence electrons. The number of hydrogen-bond acceptors (Lipinski definition) is 4. The lowest BCUT2D eigenvalue weighted by Gasteiger charge is -2.21. The summed E-state index contributed by atoms with van der Waals surface area (Å²) in [6, 6.07) is 8.09. The van der Waals surface area contributed by atoms with Crippen molar-refractivity contribution >= 4 is 0 Å². The zero-order valence-electron chi connectivity index (χ0n) is 12.4. The standard InChI is InChI=1S/C15H26N2O2/c1-12(2)17(3)9-8-16-11-15(18)13-6-5-7-14(10-13)19-4/h5-7,10,12,15-16,18H,8-9,11H2,1-4H3. The van der Waals surface area contributed by atoms with E-state index in [0.717, 1.165) is 24.4 Å². The third-order valence-corrected chi connectivity index (χ3v) is 3.34. The highest BCUT2D eigenvalue weighted by molar-refractivity contribution is 5.29. The zero-order chi connectivity index (χ0) is 14.3. The molecule has 0 aliphatic rings. The number of benzene rings is 1. The minimum atomic E-state index is -0.501. The second-order valence-electron chi connectivity index (χ2n) is 5.07. The average molecular weight is 266 g/mol. The van der Waals surface area contributed by atoms with Crippen LogP contribution in [0.25, 0.3) is 0 Å². The number of rotatable bonds is 8. The van der Waals surface area contributed by atoms with Gasteiger partial charge in [-0.25, -0.2) is 0 Å². The summed E-state index contributed by atoms with van der Waals surface area (Å²) >= 11 is 0. The van der Waals surface area contributed by atoms with Crippen LogP contribution in [0, 0.1) is 0 Å². The molecule has 0 spiro atoms. The van der Waals surface area contributed by atoms with Gasteiger partial charge in [0.05, 0.1) is 13.2 Å². The lowest BCUT2D eigenvalue weighted by Crippen LogP contribution is -2.35. The summed E-state index contributed by atoms with van der Waals surface area (Å²) < 4.78 is 5.15. The van der Waals surface area contributed by atoms with Crippen molar-refractivity contribution in [2.45, 2.75) is 26.0 Å². The quantitative estimate of drug-likeness (QED) is 0.702. The van der Waals surface area contributed by atoms with Crippen molar-refractivity contribution in [1.82, 2.24) is 10.2 Å². The molecule has 0 radical (unpaired) electrons. The van der Waals surface area contributed by atoms with Crippen molar-refractivity contribution in [2.75, 3.05) is 33.8 Å². The molecule has 4 nitrogen and oxygen atoms in total. The summed E-state index contributed by atoms with van der Waals surface area (Å²) in [5.74, 6) is 0.774. The van der Waals surface area contributed by atoms with Gasteiger partial charge in [-0.3, -0.25) is 0 Å². The van der Waals surface area contributed by atoms with E-state index in [-0.39, 0.29) is 0 Å². The first-order valence-corrected chi connectivity index (χ1v) is 6.77. The average Bonchev–Trinajstić information content (AvgIpc) is 2.42. The fraction of sp³-hybridized carbons (Fsp3) is 0.600. The minimum absolute atomic E-state index is 0.501.